The average molecular weight is 509 g/mol. The van der Waals surface area contributed by atoms with Crippen molar-refractivity contribution in [3.8, 4) is 17.2 Å². The average Bonchev–Trinajstić information content (AvgIpc) is 3.20. The molecule has 0 unspecified atom stereocenters. The summed E-state index contributed by atoms with van der Waals surface area (Å²) in [6.07, 6.45) is 1.48. The number of esters is 1. The number of rotatable bonds is 8. The first-order valence-electron chi connectivity index (χ1n) is 10.5. The van der Waals surface area contributed by atoms with Crippen LogP contribution in [0, 0.1) is 6.92 Å². The van der Waals surface area contributed by atoms with E-state index in [1.165, 1.54) is 17.6 Å². The summed E-state index contributed by atoms with van der Waals surface area (Å²) >= 11 is 7.64. The molecule has 0 spiro atoms. The summed E-state index contributed by atoms with van der Waals surface area (Å²) in [5.74, 6) is 0.760. The van der Waals surface area contributed by atoms with Crippen LogP contribution in [0.25, 0.3) is 10.1 Å². The minimum absolute atomic E-state index is 0.149. The van der Waals surface area contributed by atoms with E-state index in [2.05, 4.69) is 10.5 Å². The largest absolute Gasteiger partial charge is 0.497 e. The molecule has 1 heterocycles. The molecule has 0 atom stereocenters. The third-order valence-corrected chi connectivity index (χ3v) is 6.61. The SMILES string of the molecule is COc1ccc2c(Cl)c(C(=O)Oc3ccc(C=NNC(=O)COc4ccccc4C)cc3)sc2c1. The minimum Gasteiger partial charge on any atom is -0.497 e. The fourth-order valence-electron chi connectivity index (χ4n) is 3.15. The maximum Gasteiger partial charge on any atom is 0.355 e. The monoisotopic (exact) mass is 508 g/mol. The van der Waals surface area contributed by atoms with Crippen molar-refractivity contribution < 1.29 is 23.8 Å². The number of fused-ring (bicyclic) bond motifs is 1. The number of nitrogens with one attached hydrogen (secondary N) is 1. The number of nitrogens with zero attached hydrogens (tertiary/aromatic N) is 1. The Balaban J connectivity index is 1.31. The number of carbonyl (C=O) groups excluding carboxylic acids is 2. The Kier molecular flexibility index (Phi) is 7.64. The van der Waals surface area contributed by atoms with Crippen LogP contribution in [-0.2, 0) is 4.79 Å². The summed E-state index contributed by atoms with van der Waals surface area (Å²) < 4.78 is 17.0. The highest BCUT2D eigenvalue weighted by Gasteiger charge is 2.19. The molecule has 0 saturated heterocycles. The Morgan fingerprint density at radius 2 is 1.80 bits per heavy atom. The van der Waals surface area contributed by atoms with Crippen LogP contribution in [0.15, 0.2) is 71.8 Å². The number of methoxy groups -OCH3 is 1. The van der Waals surface area contributed by atoms with E-state index in [1.54, 1.807) is 43.5 Å². The van der Waals surface area contributed by atoms with Crippen molar-refractivity contribution in [3.05, 3.63) is 87.8 Å². The van der Waals surface area contributed by atoms with Gasteiger partial charge in [0, 0.05) is 10.1 Å². The van der Waals surface area contributed by atoms with Gasteiger partial charge in [-0.1, -0.05) is 29.8 Å². The Morgan fingerprint density at radius 3 is 2.54 bits per heavy atom. The highest BCUT2D eigenvalue weighted by Crippen LogP contribution is 2.37. The van der Waals surface area contributed by atoms with Crippen molar-refractivity contribution in [1.29, 1.82) is 0 Å². The second-order valence-electron chi connectivity index (χ2n) is 7.41. The molecule has 4 rings (SSSR count). The van der Waals surface area contributed by atoms with E-state index in [9.17, 15) is 9.59 Å². The van der Waals surface area contributed by atoms with Crippen molar-refractivity contribution >= 4 is 51.1 Å². The minimum atomic E-state index is -0.544. The number of ether oxygens (including phenoxy) is 3. The number of hydrazone groups is 1. The highest BCUT2D eigenvalue weighted by atomic mass is 35.5. The Morgan fingerprint density at radius 1 is 1.06 bits per heavy atom. The molecule has 1 amide bonds. The van der Waals surface area contributed by atoms with Gasteiger partial charge in [-0.3, -0.25) is 4.79 Å². The van der Waals surface area contributed by atoms with E-state index in [0.29, 0.717) is 32.7 Å². The summed E-state index contributed by atoms with van der Waals surface area (Å²) in [6, 6.07) is 19.5. The maximum absolute atomic E-state index is 12.7. The molecule has 0 aliphatic rings. The Hall–Kier alpha value is -3.88. The molecule has 0 radical (unpaired) electrons. The predicted octanol–water partition coefficient (Wildman–Crippen LogP) is 5.62. The van der Waals surface area contributed by atoms with E-state index in [-0.39, 0.29) is 12.5 Å². The summed E-state index contributed by atoms with van der Waals surface area (Å²) in [7, 11) is 1.58. The third kappa shape index (κ3) is 5.98. The number of thiophene rings is 1. The highest BCUT2D eigenvalue weighted by molar-refractivity contribution is 7.21. The van der Waals surface area contributed by atoms with Gasteiger partial charge in [0.05, 0.1) is 18.3 Å². The van der Waals surface area contributed by atoms with E-state index < -0.39 is 5.97 Å². The topological polar surface area (TPSA) is 86.2 Å². The predicted molar refractivity (Wildman–Crippen MR) is 137 cm³/mol. The Bertz CT molecular complexity index is 1400. The molecular formula is C26H21ClN2O5S. The number of carbonyl (C=O) groups is 2. The smallest absolute Gasteiger partial charge is 0.355 e. The molecule has 178 valence electrons. The maximum atomic E-state index is 12.7. The number of halogens is 1. The summed E-state index contributed by atoms with van der Waals surface area (Å²) in [6.45, 7) is 1.75. The second kappa shape index (κ2) is 11.0. The number of amides is 1. The van der Waals surface area contributed by atoms with Crippen molar-refractivity contribution in [2.24, 2.45) is 5.10 Å². The van der Waals surface area contributed by atoms with E-state index >= 15 is 0 Å². The molecule has 9 heteroatoms. The number of benzene rings is 3. The molecule has 1 aromatic heterocycles. The molecule has 35 heavy (non-hydrogen) atoms. The summed E-state index contributed by atoms with van der Waals surface area (Å²) in [4.78, 5) is 24.9. The van der Waals surface area contributed by atoms with Gasteiger partial charge in [0.25, 0.3) is 5.91 Å². The van der Waals surface area contributed by atoms with Gasteiger partial charge in [0.2, 0.25) is 0 Å². The van der Waals surface area contributed by atoms with Crippen molar-refractivity contribution in [1.82, 2.24) is 5.43 Å². The third-order valence-electron chi connectivity index (χ3n) is 4.97. The fraction of sp³-hybridized carbons (Fsp3) is 0.115. The lowest BCUT2D eigenvalue weighted by atomic mass is 10.2. The van der Waals surface area contributed by atoms with Crippen LogP contribution in [-0.4, -0.2) is 31.8 Å². The standard InChI is InChI=1S/C26H21ClN2O5S/c1-16-5-3-4-6-21(16)33-15-23(30)29-28-14-17-7-9-18(10-8-17)34-26(31)25-24(27)20-12-11-19(32-2)13-22(20)35-25/h3-14H,15H2,1-2H3,(H,29,30). The lowest BCUT2D eigenvalue weighted by Crippen LogP contribution is -2.24. The van der Waals surface area contributed by atoms with Crippen LogP contribution in [0.1, 0.15) is 20.8 Å². The van der Waals surface area contributed by atoms with E-state index in [1.807, 2.05) is 37.3 Å². The van der Waals surface area contributed by atoms with E-state index in [4.69, 9.17) is 25.8 Å². The molecule has 0 aliphatic heterocycles. The molecular weight excluding hydrogens is 488 g/mol. The first kappa shape index (κ1) is 24.3. The van der Waals surface area contributed by atoms with Gasteiger partial charge in [0.1, 0.15) is 22.1 Å². The molecule has 7 nitrogen and oxygen atoms in total. The molecule has 0 bridgehead atoms. The van der Waals surface area contributed by atoms with Gasteiger partial charge < -0.3 is 14.2 Å². The zero-order valence-electron chi connectivity index (χ0n) is 18.9. The summed E-state index contributed by atoms with van der Waals surface area (Å²) in [5.41, 5.74) is 4.06. The van der Waals surface area contributed by atoms with Crippen LogP contribution >= 0.6 is 22.9 Å². The molecule has 0 aliphatic carbocycles. The van der Waals surface area contributed by atoms with Gasteiger partial charge >= 0.3 is 5.97 Å². The van der Waals surface area contributed by atoms with Crippen LogP contribution in [0.3, 0.4) is 0 Å². The van der Waals surface area contributed by atoms with Crippen molar-refractivity contribution in [2.45, 2.75) is 6.92 Å². The molecule has 1 N–H and O–H groups in total. The van der Waals surface area contributed by atoms with Crippen LogP contribution < -0.4 is 19.6 Å². The molecule has 0 fully saturated rings. The number of hydrogen-bond acceptors (Lipinski definition) is 7. The van der Waals surface area contributed by atoms with Crippen molar-refractivity contribution in [3.63, 3.8) is 0 Å². The zero-order chi connectivity index (χ0) is 24.8. The van der Waals surface area contributed by atoms with Gasteiger partial charge in [-0.15, -0.1) is 11.3 Å². The lowest BCUT2D eigenvalue weighted by molar-refractivity contribution is -0.123. The number of aryl methyl sites for hydroxylation is 1. The van der Waals surface area contributed by atoms with Gasteiger partial charge in [0.15, 0.2) is 6.61 Å². The lowest BCUT2D eigenvalue weighted by Gasteiger charge is -2.07. The molecule has 3 aromatic carbocycles. The zero-order valence-corrected chi connectivity index (χ0v) is 20.5. The van der Waals surface area contributed by atoms with Gasteiger partial charge in [-0.25, -0.2) is 10.2 Å². The summed E-state index contributed by atoms with van der Waals surface area (Å²) in [5, 5.41) is 5.04. The van der Waals surface area contributed by atoms with E-state index in [0.717, 1.165) is 15.6 Å². The first-order chi connectivity index (χ1) is 16.9. The van der Waals surface area contributed by atoms with Gasteiger partial charge in [-0.05, 0) is 66.6 Å². The van der Waals surface area contributed by atoms with Crippen LogP contribution in [0.5, 0.6) is 17.2 Å². The van der Waals surface area contributed by atoms with Gasteiger partial charge in [-0.2, -0.15) is 5.10 Å². The fourth-order valence-corrected chi connectivity index (χ4v) is 4.57. The first-order valence-corrected chi connectivity index (χ1v) is 11.7. The van der Waals surface area contributed by atoms with Crippen LogP contribution in [0.2, 0.25) is 5.02 Å². The Labute approximate surface area is 210 Å². The number of para-hydroxylation sites is 1. The van der Waals surface area contributed by atoms with Crippen LogP contribution in [0.4, 0.5) is 0 Å². The molecule has 4 aromatic rings. The van der Waals surface area contributed by atoms with Crippen molar-refractivity contribution in [2.75, 3.05) is 13.7 Å². The second-order valence-corrected chi connectivity index (χ2v) is 8.84. The normalized spacial score (nSPS) is 10.9. The quantitative estimate of drug-likeness (QED) is 0.144. The number of hydrogen-bond donors (Lipinski definition) is 1. The molecule has 0 saturated carbocycles.